The van der Waals surface area contributed by atoms with Gasteiger partial charge in [-0.15, -0.1) is 0 Å². The Morgan fingerprint density at radius 1 is 1.56 bits per heavy atom. The smallest absolute Gasteiger partial charge is 0.155 e. The number of nitrogens with zero attached hydrogens (tertiary/aromatic N) is 1. The van der Waals surface area contributed by atoms with Crippen LogP contribution in [0.1, 0.15) is 6.92 Å². The third kappa shape index (κ3) is 4.21. The second kappa shape index (κ2) is 3.67. The van der Waals surface area contributed by atoms with Crippen LogP contribution in [-0.4, -0.2) is 24.8 Å². The Balaban J connectivity index is 4.00. The van der Waals surface area contributed by atoms with Crippen molar-refractivity contribution in [1.29, 1.82) is 0 Å². The van der Waals surface area contributed by atoms with E-state index in [1.807, 2.05) is 19.0 Å². The van der Waals surface area contributed by atoms with Crippen LogP contribution in [0.4, 0.5) is 0 Å². The van der Waals surface area contributed by atoms with Gasteiger partial charge in [-0.3, -0.25) is 4.79 Å². The SMILES string of the molecule is CC(=O)/C=C(\Br)N(C)C. The molecule has 0 aromatic heterocycles. The minimum absolute atomic E-state index is 0.0515. The fraction of sp³-hybridized carbons (Fsp3) is 0.500. The molecule has 0 unspecified atom stereocenters. The molecule has 0 bridgehead atoms. The van der Waals surface area contributed by atoms with Gasteiger partial charge < -0.3 is 4.90 Å². The predicted molar refractivity (Wildman–Crippen MR) is 41.4 cm³/mol. The van der Waals surface area contributed by atoms with E-state index >= 15 is 0 Å². The standard InChI is InChI=1S/C6H10BrNO/c1-5(9)4-6(7)8(2)3/h4H,1-3H3/b6-4+. The van der Waals surface area contributed by atoms with Gasteiger partial charge in [0, 0.05) is 20.2 Å². The maximum Gasteiger partial charge on any atom is 0.155 e. The molecule has 0 aliphatic rings. The van der Waals surface area contributed by atoms with Crippen molar-refractivity contribution in [3.8, 4) is 0 Å². The van der Waals surface area contributed by atoms with E-state index in [1.165, 1.54) is 13.0 Å². The van der Waals surface area contributed by atoms with E-state index in [9.17, 15) is 4.79 Å². The van der Waals surface area contributed by atoms with Crippen LogP contribution in [0.15, 0.2) is 10.7 Å². The number of rotatable bonds is 2. The van der Waals surface area contributed by atoms with Crippen LogP contribution in [0.5, 0.6) is 0 Å². The molecule has 0 amide bonds. The van der Waals surface area contributed by atoms with Gasteiger partial charge in [-0.2, -0.15) is 0 Å². The molecule has 0 aromatic rings. The molecule has 9 heavy (non-hydrogen) atoms. The minimum Gasteiger partial charge on any atom is -0.372 e. The molecule has 0 heterocycles. The third-order valence-corrected chi connectivity index (χ3v) is 1.69. The highest BCUT2D eigenvalue weighted by atomic mass is 79.9. The molecule has 0 aromatic carbocycles. The van der Waals surface area contributed by atoms with Gasteiger partial charge in [-0.05, 0) is 22.9 Å². The molecule has 0 saturated heterocycles. The second-order valence-corrected chi connectivity index (χ2v) is 2.78. The molecule has 52 valence electrons. The molecule has 2 nitrogen and oxygen atoms in total. The van der Waals surface area contributed by atoms with Crippen molar-refractivity contribution in [1.82, 2.24) is 4.90 Å². The molecule has 0 aliphatic heterocycles. The van der Waals surface area contributed by atoms with Crippen LogP contribution in [0.2, 0.25) is 0 Å². The van der Waals surface area contributed by atoms with Crippen LogP contribution < -0.4 is 0 Å². The van der Waals surface area contributed by atoms with Gasteiger partial charge in [0.15, 0.2) is 5.78 Å². The summed E-state index contributed by atoms with van der Waals surface area (Å²) in [6.45, 7) is 1.52. The maximum atomic E-state index is 10.4. The number of ketones is 1. The summed E-state index contributed by atoms with van der Waals surface area (Å²) in [6, 6.07) is 0. The summed E-state index contributed by atoms with van der Waals surface area (Å²) < 4.78 is 0.801. The average Bonchev–Trinajstić information content (AvgIpc) is 1.63. The van der Waals surface area contributed by atoms with E-state index < -0.39 is 0 Å². The highest BCUT2D eigenvalue weighted by Gasteiger charge is 1.93. The zero-order valence-electron chi connectivity index (χ0n) is 5.81. The van der Waals surface area contributed by atoms with Crippen molar-refractivity contribution in [2.45, 2.75) is 6.92 Å². The highest BCUT2D eigenvalue weighted by molar-refractivity contribution is 9.11. The van der Waals surface area contributed by atoms with Gasteiger partial charge in [0.05, 0.1) is 4.61 Å². The number of halogens is 1. The van der Waals surface area contributed by atoms with E-state index in [0.29, 0.717) is 0 Å². The van der Waals surface area contributed by atoms with Crippen LogP contribution in [0.25, 0.3) is 0 Å². The van der Waals surface area contributed by atoms with Gasteiger partial charge in [0.2, 0.25) is 0 Å². The van der Waals surface area contributed by atoms with Gasteiger partial charge in [-0.25, -0.2) is 0 Å². The highest BCUT2D eigenvalue weighted by Crippen LogP contribution is 2.06. The van der Waals surface area contributed by atoms with Crippen LogP contribution in [0.3, 0.4) is 0 Å². The summed E-state index contributed by atoms with van der Waals surface area (Å²) in [6.07, 6.45) is 1.53. The Hall–Kier alpha value is -0.310. The predicted octanol–water partition coefficient (Wildman–Crippen LogP) is 1.37. The molecule has 3 heteroatoms. The first-order chi connectivity index (χ1) is 4.04. The van der Waals surface area contributed by atoms with Crippen LogP contribution >= 0.6 is 15.9 Å². The molecule has 0 fully saturated rings. The molecule has 0 atom stereocenters. The van der Waals surface area contributed by atoms with Crippen LogP contribution in [0, 0.1) is 0 Å². The number of hydrogen-bond acceptors (Lipinski definition) is 2. The van der Waals surface area contributed by atoms with E-state index in [-0.39, 0.29) is 5.78 Å². The Kier molecular flexibility index (Phi) is 3.54. The molecule has 0 N–H and O–H groups in total. The lowest BCUT2D eigenvalue weighted by molar-refractivity contribution is -0.112. The zero-order valence-corrected chi connectivity index (χ0v) is 7.40. The van der Waals surface area contributed by atoms with E-state index in [2.05, 4.69) is 15.9 Å². The monoisotopic (exact) mass is 191 g/mol. The average molecular weight is 192 g/mol. The lowest BCUT2D eigenvalue weighted by Crippen LogP contribution is -2.06. The number of allylic oxidation sites excluding steroid dienone is 1. The Labute approximate surface area is 63.7 Å². The topological polar surface area (TPSA) is 20.3 Å². The van der Waals surface area contributed by atoms with Crippen molar-refractivity contribution in [2.24, 2.45) is 0 Å². The van der Waals surface area contributed by atoms with Crippen molar-refractivity contribution >= 4 is 21.7 Å². The van der Waals surface area contributed by atoms with Gasteiger partial charge in [0.1, 0.15) is 0 Å². The Morgan fingerprint density at radius 3 is 2.11 bits per heavy atom. The zero-order chi connectivity index (χ0) is 7.44. The molecule has 0 saturated carbocycles. The normalized spacial score (nSPS) is 11.3. The van der Waals surface area contributed by atoms with E-state index in [1.54, 1.807) is 0 Å². The van der Waals surface area contributed by atoms with Gasteiger partial charge in [0.25, 0.3) is 0 Å². The summed E-state index contributed by atoms with van der Waals surface area (Å²) >= 11 is 3.21. The number of hydrogen-bond donors (Lipinski definition) is 0. The lowest BCUT2D eigenvalue weighted by atomic mass is 10.4. The molecular formula is C6H10BrNO. The number of carbonyl (C=O) groups is 1. The van der Waals surface area contributed by atoms with Crippen molar-refractivity contribution in [3.63, 3.8) is 0 Å². The molecular weight excluding hydrogens is 182 g/mol. The first-order valence-electron chi connectivity index (χ1n) is 2.59. The van der Waals surface area contributed by atoms with Crippen molar-refractivity contribution < 1.29 is 4.79 Å². The quantitative estimate of drug-likeness (QED) is 0.486. The summed E-state index contributed by atoms with van der Waals surface area (Å²) in [5.74, 6) is 0.0515. The summed E-state index contributed by atoms with van der Waals surface area (Å²) in [7, 11) is 3.73. The maximum absolute atomic E-state index is 10.4. The molecule has 0 radical (unpaired) electrons. The summed E-state index contributed by atoms with van der Waals surface area (Å²) in [5, 5.41) is 0. The summed E-state index contributed by atoms with van der Waals surface area (Å²) in [5.41, 5.74) is 0. The van der Waals surface area contributed by atoms with Gasteiger partial charge >= 0.3 is 0 Å². The van der Waals surface area contributed by atoms with E-state index in [0.717, 1.165) is 4.61 Å². The first kappa shape index (κ1) is 8.69. The summed E-state index contributed by atoms with van der Waals surface area (Å²) in [4.78, 5) is 12.2. The molecule has 0 spiro atoms. The Bertz CT molecular complexity index is 140. The van der Waals surface area contributed by atoms with Gasteiger partial charge in [-0.1, -0.05) is 0 Å². The molecule has 0 aliphatic carbocycles. The fourth-order valence-electron chi connectivity index (χ4n) is 0.297. The largest absolute Gasteiger partial charge is 0.372 e. The molecule has 0 rings (SSSR count). The van der Waals surface area contributed by atoms with Crippen molar-refractivity contribution in [2.75, 3.05) is 14.1 Å². The third-order valence-electron chi connectivity index (χ3n) is 0.750. The second-order valence-electron chi connectivity index (χ2n) is 1.97. The van der Waals surface area contributed by atoms with Crippen LogP contribution in [-0.2, 0) is 4.79 Å². The minimum atomic E-state index is 0.0515. The number of carbonyl (C=O) groups excluding carboxylic acids is 1. The van der Waals surface area contributed by atoms with Crippen molar-refractivity contribution in [3.05, 3.63) is 10.7 Å². The fourth-order valence-corrected chi connectivity index (χ4v) is 0.619. The lowest BCUT2D eigenvalue weighted by Gasteiger charge is -2.08. The first-order valence-corrected chi connectivity index (χ1v) is 3.38. The Morgan fingerprint density at radius 2 is 2.00 bits per heavy atom. The van der Waals surface area contributed by atoms with E-state index in [4.69, 9.17) is 0 Å².